The van der Waals surface area contributed by atoms with Gasteiger partial charge in [-0.05, 0) is 12.8 Å². The van der Waals surface area contributed by atoms with Gasteiger partial charge >= 0.3 is 0 Å². The number of carbonyl (C=O) groups excluding carboxylic acids is 2. The van der Waals surface area contributed by atoms with E-state index in [0.29, 0.717) is 0 Å². The van der Waals surface area contributed by atoms with Crippen LogP contribution in [0.25, 0.3) is 0 Å². The number of carboxylic acid groups (broad SMARTS) is 2. The summed E-state index contributed by atoms with van der Waals surface area (Å²) in [7, 11) is 0. The summed E-state index contributed by atoms with van der Waals surface area (Å²) < 4.78 is 0. The molecule has 5 heteroatoms. The average molecular weight is 266 g/mol. The molecule has 0 N–H and O–H groups in total. The Morgan fingerprint density at radius 3 is 1.33 bits per heavy atom. The van der Waals surface area contributed by atoms with Gasteiger partial charge in [0.1, 0.15) is 0 Å². The Bertz CT molecular complexity index is 158. The van der Waals surface area contributed by atoms with Crippen LogP contribution in [0.1, 0.15) is 26.7 Å². The molecule has 0 aliphatic carbocycles. The second-order valence-electron chi connectivity index (χ2n) is 2.36. The minimum absolute atomic E-state index is 0. The second-order valence-corrected chi connectivity index (χ2v) is 2.36. The van der Waals surface area contributed by atoms with E-state index in [9.17, 15) is 19.8 Å². The monoisotopic (exact) mass is 265 g/mol. The van der Waals surface area contributed by atoms with Gasteiger partial charge in [0, 0.05) is 27.8 Å². The summed E-state index contributed by atoms with van der Waals surface area (Å²) in [4.78, 5) is 20.8. The van der Waals surface area contributed by atoms with Crippen LogP contribution in [0.5, 0.6) is 0 Å². The Balaban J connectivity index is 0. The zero-order chi connectivity index (χ0) is 9.07. The van der Waals surface area contributed by atoms with Crippen LogP contribution in [0.2, 0.25) is 0 Å². The van der Waals surface area contributed by atoms with Crippen LogP contribution in [-0.4, -0.2) is 11.9 Å². The normalized spacial score (nSPS) is 10.2. The molecule has 4 nitrogen and oxygen atoms in total. The second kappa shape index (κ2) is 5.35. The molecule has 0 unspecified atom stereocenters. The molecule has 0 saturated carbocycles. The molecule has 0 spiro atoms. The van der Waals surface area contributed by atoms with Gasteiger partial charge in [-0.1, -0.05) is 13.8 Å². The fourth-order valence-electron chi connectivity index (χ4n) is 0.911. The third-order valence-electron chi connectivity index (χ3n) is 1.99. The van der Waals surface area contributed by atoms with Gasteiger partial charge < -0.3 is 19.8 Å². The summed E-state index contributed by atoms with van der Waals surface area (Å²) in [5.74, 6) is -3.13. The fourth-order valence-corrected chi connectivity index (χ4v) is 0.911. The van der Waals surface area contributed by atoms with Gasteiger partial charge in [-0.2, -0.15) is 0 Å². The Hall–Kier alpha value is -0.320. The predicted octanol–water partition coefficient (Wildman–Crippen LogP) is -1.71. The molecule has 0 fully saturated rings. The first kappa shape index (κ1) is 14.2. The maximum Gasteiger partial charge on any atom is 0.0532 e. The number of hydrogen-bond acceptors (Lipinski definition) is 4. The van der Waals surface area contributed by atoms with Gasteiger partial charge in [0.2, 0.25) is 0 Å². The van der Waals surface area contributed by atoms with E-state index < -0.39 is 17.4 Å². The van der Waals surface area contributed by atoms with E-state index in [4.69, 9.17) is 0 Å². The van der Waals surface area contributed by atoms with E-state index in [0.717, 1.165) is 0 Å². The molecule has 0 amide bonds. The Kier molecular flexibility index (Phi) is 6.34. The van der Waals surface area contributed by atoms with Gasteiger partial charge in [0.25, 0.3) is 0 Å². The molecule has 0 saturated heterocycles. The quantitative estimate of drug-likeness (QED) is 0.448. The van der Waals surface area contributed by atoms with E-state index >= 15 is 0 Å². The van der Waals surface area contributed by atoms with Crippen LogP contribution in [-0.2, 0) is 32.0 Å². The molecular formula is C7H10AgO4-2. The number of aliphatic carboxylic acids is 2. The zero-order valence-electron chi connectivity index (χ0n) is 6.85. The van der Waals surface area contributed by atoms with E-state index in [-0.39, 0.29) is 35.2 Å². The van der Waals surface area contributed by atoms with Crippen molar-refractivity contribution >= 4 is 11.9 Å². The summed E-state index contributed by atoms with van der Waals surface area (Å²) in [5, 5.41) is 20.8. The molecule has 0 heterocycles. The molecule has 0 aliphatic heterocycles. The average Bonchev–Trinajstić information content (AvgIpc) is 1.90. The van der Waals surface area contributed by atoms with Crippen molar-refractivity contribution in [3.8, 4) is 0 Å². The van der Waals surface area contributed by atoms with Crippen molar-refractivity contribution in [3.05, 3.63) is 0 Å². The van der Waals surface area contributed by atoms with Crippen LogP contribution in [0.4, 0.5) is 0 Å². The maximum atomic E-state index is 10.4. The van der Waals surface area contributed by atoms with Crippen LogP contribution in [0.3, 0.4) is 0 Å². The first-order chi connectivity index (χ1) is 5.01. The van der Waals surface area contributed by atoms with Gasteiger partial charge in [-0.3, -0.25) is 0 Å². The first-order valence-electron chi connectivity index (χ1n) is 3.44. The molecule has 0 aliphatic rings. The molecule has 0 aromatic carbocycles. The number of carboxylic acids is 2. The third-order valence-corrected chi connectivity index (χ3v) is 1.99. The SMILES string of the molecule is CCC(CC)(C(=O)[O-])C(=O)[O-].[Ag]. The van der Waals surface area contributed by atoms with E-state index in [1.54, 1.807) is 0 Å². The molecule has 75 valence electrons. The summed E-state index contributed by atoms with van der Waals surface area (Å²) >= 11 is 0. The van der Waals surface area contributed by atoms with Crippen molar-refractivity contribution in [1.82, 2.24) is 0 Å². The maximum absolute atomic E-state index is 10.4. The molecule has 0 aromatic heterocycles. The van der Waals surface area contributed by atoms with Gasteiger partial charge in [0.05, 0.1) is 11.9 Å². The standard InChI is InChI=1S/C7H12O4.Ag/c1-3-7(4-2,5(8)9)6(10)11;/h3-4H2,1-2H3,(H,8,9)(H,10,11);/p-2. The van der Waals surface area contributed by atoms with Gasteiger partial charge in [0.15, 0.2) is 0 Å². The fraction of sp³-hybridized carbons (Fsp3) is 0.714. The van der Waals surface area contributed by atoms with Crippen LogP contribution in [0, 0.1) is 5.41 Å². The van der Waals surface area contributed by atoms with Crippen LogP contribution >= 0.6 is 0 Å². The zero-order valence-corrected chi connectivity index (χ0v) is 8.33. The summed E-state index contributed by atoms with van der Waals surface area (Å²) in [5.41, 5.74) is -1.81. The number of hydrogen-bond donors (Lipinski definition) is 0. The minimum atomic E-state index is -1.81. The van der Waals surface area contributed by atoms with Crippen molar-refractivity contribution in [2.24, 2.45) is 5.41 Å². The van der Waals surface area contributed by atoms with Crippen molar-refractivity contribution in [1.29, 1.82) is 0 Å². The van der Waals surface area contributed by atoms with E-state index in [1.807, 2.05) is 0 Å². The van der Waals surface area contributed by atoms with Crippen LogP contribution < -0.4 is 10.2 Å². The third kappa shape index (κ3) is 2.33. The number of rotatable bonds is 4. The topological polar surface area (TPSA) is 80.3 Å². The molecule has 0 atom stereocenters. The minimum Gasteiger partial charge on any atom is -0.549 e. The largest absolute Gasteiger partial charge is 0.549 e. The molecule has 1 radical (unpaired) electrons. The van der Waals surface area contributed by atoms with Gasteiger partial charge in [-0.15, -0.1) is 0 Å². The van der Waals surface area contributed by atoms with Crippen molar-refractivity contribution in [3.63, 3.8) is 0 Å². The van der Waals surface area contributed by atoms with Crippen molar-refractivity contribution < 1.29 is 42.2 Å². The summed E-state index contributed by atoms with van der Waals surface area (Å²) in [6, 6.07) is 0. The van der Waals surface area contributed by atoms with Crippen molar-refractivity contribution in [2.45, 2.75) is 26.7 Å². The molecular weight excluding hydrogens is 256 g/mol. The Morgan fingerprint density at radius 1 is 1.08 bits per heavy atom. The summed E-state index contributed by atoms with van der Waals surface area (Å²) in [6.07, 6.45) is -0.0116. The number of carbonyl (C=O) groups is 2. The smallest absolute Gasteiger partial charge is 0.0532 e. The predicted molar refractivity (Wildman–Crippen MR) is 33.0 cm³/mol. The first-order valence-corrected chi connectivity index (χ1v) is 3.44. The van der Waals surface area contributed by atoms with Crippen LogP contribution in [0.15, 0.2) is 0 Å². The molecule has 0 rings (SSSR count). The van der Waals surface area contributed by atoms with E-state index in [2.05, 4.69) is 0 Å². The Labute approximate surface area is 86.5 Å². The van der Waals surface area contributed by atoms with E-state index in [1.165, 1.54) is 13.8 Å². The summed E-state index contributed by atoms with van der Waals surface area (Å²) in [6.45, 7) is 2.96. The molecule has 0 bridgehead atoms. The Morgan fingerprint density at radius 2 is 1.33 bits per heavy atom. The van der Waals surface area contributed by atoms with Gasteiger partial charge in [-0.25, -0.2) is 0 Å². The molecule has 12 heavy (non-hydrogen) atoms. The molecule has 0 aromatic rings. The van der Waals surface area contributed by atoms with Crippen molar-refractivity contribution in [2.75, 3.05) is 0 Å².